The third kappa shape index (κ3) is 2.00. The van der Waals surface area contributed by atoms with Crippen LogP contribution < -0.4 is 4.74 Å². The molecule has 2 fully saturated rings. The molecule has 17 heavy (non-hydrogen) atoms. The Bertz CT molecular complexity index is 424. The molecule has 0 saturated heterocycles. The van der Waals surface area contributed by atoms with Crippen LogP contribution in [0, 0.1) is 17.8 Å². The van der Waals surface area contributed by atoms with Crippen molar-refractivity contribution >= 4 is 27.5 Å². The summed E-state index contributed by atoms with van der Waals surface area (Å²) in [6.45, 7) is 0. The van der Waals surface area contributed by atoms with Gasteiger partial charge in [-0.3, -0.25) is 0 Å². The van der Waals surface area contributed by atoms with Crippen molar-refractivity contribution in [3.8, 4) is 5.75 Å². The van der Waals surface area contributed by atoms with Crippen LogP contribution in [0.1, 0.15) is 29.7 Å². The lowest BCUT2D eigenvalue weighted by molar-refractivity contribution is 0.415. The van der Waals surface area contributed by atoms with Crippen molar-refractivity contribution in [1.82, 2.24) is 0 Å². The molecule has 3 heteroatoms. The van der Waals surface area contributed by atoms with E-state index in [4.69, 9.17) is 16.3 Å². The number of ether oxygens (including phenoxy) is 1. The van der Waals surface area contributed by atoms with Gasteiger partial charge in [0.2, 0.25) is 0 Å². The first kappa shape index (κ1) is 11.9. The van der Waals surface area contributed by atoms with Gasteiger partial charge in [-0.1, -0.05) is 40.0 Å². The van der Waals surface area contributed by atoms with Crippen molar-refractivity contribution in [3.05, 3.63) is 28.8 Å². The predicted molar refractivity (Wildman–Crippen MR) is 74.0 cm³/mol. The van der Waals surface area contributed by atoms with Gasteiger partial charge in [0.1, 0.15) is 5.75 Å². The third-order valence-electron chi connectivity index (χ3n) is 4.30. The first-order valence-electron chi connectivity index (χ1n) is 6.20. The molecule has 1 nitrogen and oxygen atoms in total. The van der Waals surface area contributed by atoms with Crippen molar-refractivity contribution < 1.29 is 4.74 Å². The topological polar surface area (TPSA) is 9.23 Å². The Kier molecular flexibility index (Phi) is 3.12. The Morgan fingerprint density at radius 3 is 2.65 bits per heavy atom. The fourth-order valence-electron chi connectivity index (χ4n) is 3.39. The highest BCUT2D eigenvalue weighted by Gasteiger charge is 2.55. The first-order chi connectivity index (χ1) is 8.22. The highest BCUT2D eigenvalue weighted by molar-refractivity contribution is 9.09. The minimum atomic E-state index is 0.459. The van der Waals surface area contributed by atoms with Crippen molar-refractivity contribution in [2.45, 2.75) is 24.1 Å². The number of hydrogen-bond acceptors (Lipinski definition) is 1. The molecule has 2 saturated carbocycles. The number of halogens is 2. The molecule has 0 heterocycles. The monoisotopic (exact) mass is 314 g/mol. The Labute approximate surface area is 116 Å². The lowest BCUT2D eigenvalue weighted by atomic mass is 10.0. The summed E-state index contributed by atoms with van der Waals surface area (Å²) in [5, 5.41) is 0.709. The second kappa shape index (κ2) is 4.47. The second-order valence-corrected chi connectivity index (χ2v) is 6.53. The summed E-state index contributed by atoms with van der Waals surface area (Å²) in [5.41, 5.74) is 1.29. The van der Waals surface area contributed by atoms with Gasteiger partial charge in [0.25, 0.3) is 0 Å². The molecule has 0 radical (unpaired) electrons. The zero-order chi connectivity index (χ0) is 12.0. The van der Waals surface area contributed by atoms with E-state index in [2.05, 4.69) is 22.0 Å². The summed E-state index contributed by atoms with van der Waals surface area (Å²) in [6, 6.07) is 6.12. The van der Waals surface area contributed by atoms with Crippen LogP contribution in [0.3, 0.4) is 0 Å². The predicted octanol–water partition coefficient (Wildman–Crippen LogP) is 4.83. The first-order valence-corrected chi connectivity index (χ1v) is 7.49. The summed E-state index contributed by atoms with van der Waals surface area (Å²) in [7, 11) is 1.65. The lowest BCUT2D eigenvalue weighted by Crippen LogP contribution is -1.98. The molecule has 0 bridgehead atoms. The standard InChI is InChI=1S/C14H16BrClO/c1-17-12-6-5-8(7-11(12)16)14(15)13-9-3-2-4-10(9)13/h5-7,9-10,13-14H,2-4H2,1H3. The number of alkyl halides is 1. The quantitative estimate of drug-likeness (QED) is 0.726. The molecule has 0 N–H and O–H groups in total. The minimum Gasteiger partial charge on any atom is -0.495 e. The fraction of sp³-hybridized carbons (Fsp3) is 0.571. The number of hydrogen-bond donors (Lipinski definition) is 0. The molecule has 1 aromatic rings. The summed E-state index contributed by atoms with van der Waals surface area (Å²) < 4.78 is 5.18. The van der Waals surface area contributed by atoms with E-state index in [1.54, 1.807) is 7.11 Å². The molecule has 3 unspecified atom stereocenters. The van der Waals surface area contributed by atoms with Gasteiger partial charge >= 0.3 is 0 Å². The zero-order valence-electron chi connectivity index (χ0n) is 9.83. The van der Waals surface area contributed by atoms with Crippen LogP contribution in [0.25, 0.3) is 0 Å². The maximum Gasteiger partial charge on any atom is 0.137 e. The molecule has 2 aliphatic rings. The van der Waals surface area contributed by atoms with E-state index in [0.29, 0.717) is 9.85 Å². The van der Waals surface area contributed by atoms with Gasteiger partial charge in [0.05, 0.1) is 12.1 Å². The van der Waals surface area contributed by atoms with Gasteiger partial charge in [-0.05, 0) is 48.3 Å². The van der Waals surface area contributed by atoms with Crippen LogP contribution in [-0.4, -0.2) is 7.11 Å². The Balaban J connectivity index is 1.78. The van der Waals surface area contributed by atoms with Crippen molar-refractivity contribution in [2.24, 2.45) is 17.8 Å². The largest absolute Gasteiger partial charge is 0.495 e. The molecular formula is C14H16BrClO. The van der Waals surface area contributed by atoms with Crippen LogP contribution in [0.15, 0.2) is 18.2 Å². The van der Waals surface area contributed by atoms with Crippen LogP contribution in [-0.2, 0) is 0 Å². The average Bonchev–Trinajstić information content (AvgIpc) is 2.81. The Hall–Kier alpha value is -0.210. The lowest BCUT2D eigenvalue weighted by Gasteiger charge is -2.13. The summed E-state index contributed by atoms with van der Waals surface area (Å²) in [5.74, 6) is 3.50. The fourth-order valence-corrected chi connectivity index (χ4v) is 4.72. The summed E-state index contributed by atoms with van der Waals surface area (Å²) in [6.07, 6.45) is 4.26. The molecule has 3 atom stereocenters. The molecule has 1 aromatic carbocycles. The van der Waals surface area contributed by atoms with E-state index in [0.717, 1.165) is 23.5 Å². The normalized spacial score (nSPS) is 32.1. The molecular weight excluding hydrogens is 300 g/mol. The maximum atomic E-state index is 6.17. The molecule has 92 valence electrons. The third-order valence-corrected chi connectivity index (χ3v) is 5.74. The molecule has 3 rings (SSSR count). The zero-order valence-corrected chi connectivity index (χ0v) is 12.2. The summed E-state index contributed by atoms with van der Waals surface area (Å²) in [4.78, 5) is 0.459. The van der Waals surface area contributed by atoms with Gasteiger partial charge in [0, 0.05) is 4.83 Å². The number of benzene rings is 1. The van der Waals surface area contributed by atoms with Crippen molar-refractivity contribution in [1.29, 1.82) is 0 Å². The van der Waals surface area contributed by atoms with E-state index >= 15 is 0 Å². The minimum absolute atomic E-state index is 0.459. The molecule has 0 aliphatic heterocycles. The SMILES string of the molecule is COc1ccc(C(Br)C2C3CCCC32)cc1Cl. The van der Waals surface area contributed by atoms with Gasteiger partial charge in [-0.25, -0.2) is 0 Å². The van der Waals surface area contributed by atoms with E-state index in [1.165, 1.54) is 24.8 Å². The van der Waals surface area contributed by atoms with Gasteiger partial charge in [-0.15, -0.1) is 0 Å². The van der Waals surface area contributed by atoms with Crippen LogP contribution in [0.5, 0.6) is 5.75 Å². The maximum absolute atomic E-state index is 6.17. The smallest absolute Gasteiger partial charge is 0.137 e. The highest BCUT2D eigenvalue weighted by atomic mass is 79.9. The van der Waals surface area contributed by atoms with Crippen molar-refractivity contribution in [2.75, 3.05) is 7.11 Å². The molecule has 2 aliphatic carbocycles. The van der Waals surface area contributed by atoms with Crippen LogP contribution >= 0.6 is 27.5 Å². The van der Waals surface area contributed by atoms with Crippen LogP contribution in [0.2, 0.25) is 5.02 Å². The Morgan fingerprint density at radius 2 is 2.06 bits per heavy atom. The average molecular weight is 316 g/mol. The second-order valence-electron chi connectivity index (χ2n) is 5.13. The number of rotatable bonds is 3. The molecule has 0 spiro atoms. The van der Waals surface area contributed by atoms with Crippen LogP contribution in [0.4, 0.5) is 0 Å². The number of methoxy groups -OCH3 is 1. The van der Waals surface area contributed by atoms with E-state index in [1.807, 2.05) is 12.1 Å². The Morgan fingerprint density at radius 1 is 1.35 bits per heavy atom. The van der Waals surface area contributed by atoms with Gasteiger partial charge in [-0.2, -0.15) is 0 Å². The van der Waals surface area contributed by atoms with Crippen molar-refractivity contribution in [3.63, 3.8) is 0 Å². The van der Waals surface area contributed by atoms with Gasteiger partial charge < -0.3 is 4.74 Å². The van der Waals surface area contributed by atoms with E-state index < -0.39 is 0 Å². The van der Waals surface area contributed by atoms with E-state index in [-0.39, 0.29) is 0 Å². The molecule has 0 aromatic heterocycles. The number of fused-ring (bicyclic) bond motifs is 1. The van der Waals surface area contributed by atoms with E-state index in [9.17, 15) is 0 Å². The highest BCUT2D eigenvalue weighted by Crippen LogP contribution is 2.64. The molecule has 0 amide bonds. The van der Waals surface area contributed by atoms with Gasteiger partial charge in [0.15, 0.2) is 0 Å². The summed E-state index contributed by atoms with van der Waals surface area (Å²) >= 11 is 10.0.